The Balaban J connectivity index is 2.17. The highest BCUT2D eigenvalue weighted by Crippen LogP contribution is 2.13. The minimum absolute atomic E-state index is 0.162. The summed E-state index contributed by atoms with van der Waals surface area (Å²) >= 11 is 0. The fraction of sp³-hybridized carbons (Fsp3) is 0.375. The molecule has 0 radical (unpaired) electrons. The van der Waals surface area contributed by atoms with Crippen LogP contribution in [0.5, 0.6) is 0 Å². The first-order valence-electron chi connectivity index (χ1n) is 10.4. The number of amides is 2. The SMILES string of the molecule is CCCC(NC(=O)c1ccccc1)C(CCC(=O)OCC)NC(=O)c1ccccc1. The molecule has 6 heteroatoms. The molecule has 2 N–H and O–H groups in total. The first-order valence-corrected chi connectivity index (χ1v) is 10.4. The Hall–Kier alpha value is -3.15. The fourth-order valence-electron chi connectivity index (χ4n) is 3.25. The number of nitrogens with one attached hydrogen (secondary N) is 2. The minimum Gasteiger partial charge on any atom is -0.466 e. The Morgan fingerprint density at radius 2 is 1.23 bits per heavy atom. The van der Waals surface area contributed by atoms with Crippen molar-refractivity contribution < 1.29 is 19.1 Å². The van der Waals surface area contributed by atoms with Gasteiger partial charge in [0, 0.05) is 29.6 Å². The van der Waals surface area contributed by atoms with Gasteiger partial charge in [0.05, 0.1) is 6.61 Å². The topological polar surface area (TPSA) is 84.5 Å². The second-order valence-corrected chi connectivity index (χ2v) is 7.02. The lowest BCUT2D eigenvalue weighted by atomic mass is 9.97. The average molecular weight is 411 g/mol. The molecule has 2 amide bonds. The van der Waals surface area contributed by atoms with Gasteiger partial charge in [0.15, 0.2) is 0 Å². The predicted octanol–water partition coefficient (Wildman–Crippen LogP) is 3.73. The second kappa shape index (κ2) is 12.4. The molecule has 2 atom stereocenters. The van der Waals surface area contributed by atoms with Gasteiger partial charge in [0.1, 0.15) is 0 Å². The molecule has 0 saturated carbocycles. The first-order chi connectivity index (χ1) is 14.5. The van der Waals surface area contributed by atoms with Crippen LogP contribution < -0.4 is 10.6 Å². The van der Waals surface area contributed by atoms with Crippen LogP contribution in [-0.2, 0) is 9.53 Å². The largest absolute Gasteiger partial charge is 0.466 e. The Kier molecular flexibility index (Phi) is 9.58. The third-order valence-corrected chi connectivity index (χ3v) is 4.76. The van der Waals surface area contributed by atoms with E-state index in [0.717, 1.165) is 6.42 Å². The molecule has 2 unspecified atom stereocenters. The van der Waals surface area contributed by atoms with Crippen molar-refractivity contribution in [1.82, 2.24) is 10.6 Å². The van der Waals surface area contributed by atoms with Crippen LogP contribution in [0.15, 0.2) is 60.7 Å². The van der Waals surface area contributed by atoms with E-state index in [9.17, 15) is 14.4 Å². The first kappa shape index (κ1) is 23.1. The highest BCUT2D eigenvalue weighted by Gasteiger charge is 2.26. The van der Waals surface area contributed by atoms with Crippen molar-refractivity contribution in [2.75, 3.05) is 6.61 Å². The van der Waals surface area contributed by atoms with Gasteiger partial charge >= 0.3 is 5.97 Å². The summed E-state index contributed by atoms with van der Waals surface area (Å²) in [5.41, 5.74) is 1.08. The Morgan fingerprint density at radius 1 is 0.767 bits per heavy atom. The molecule has 0 heterocycles. The third-order valence-electron chi connectivity index (χ3n) is 4.76. The molecule has 2 aromatic carbocycles. The monoisotopic (exact) mass is 410 g/mol. The molecule has 160 valence electrons. The maximum absolute atomic E-state index is 12.7. The van der Waals surface area contributed by atoms with E-state index in [2.05, 4.69) is 10.6 Å². The average Bonchev–Trinajstić information content (AvgIpc) is 2.77. The van der Waals surface area contributed by atoms with E-state index < -0.39 is 6.04 Å². The van der Waals surface area contributed by atoms with Crippen molar-refractivity contribution in [3.63, 3.8) is 0 Å². The molecule has 0 aliphatic rings. The number of esters is 1. The van der Waals surface area contributed by atoms with E-state index in [1.54, 1.807) is 55.5 Å². The van der Waals surface area contributed by atoms with Crippen LogP contribution in [0.4, 0.5) is 0 Å². The van der Waals surface area contributed by atoms with Crippen LogP contribution in [-0.4, -0.2) is 36.5 Å². The molecule has 0 bridgehead atoms. The van der Waals surface area contributed by atoms with Crippen molar-refractivity contribution in [3.05, 3.63) is 71.8 Å². The summed E-state index contributed by atoms with van der Waals surface area (Å²) < 4.78 is 5.03. The highest BCUT2D eigenvalue weighted by atomic mass is 16.5. The van der Waals surface area contributed by atoms with E-state index in [0.29, 0.717) is 30.6 Å². The van der Waals surface area contributed by atoms with Crippen LogP contribution in [0.2, 0.25) is 0 Å². The van der Waals surface area contributed by atoms with Crippen LogP contribution in [0.25, 0.3) is 0 Å². The lowest BCUT2D eigenvalue weighted by Crippen LogP contribution is -2.52. The minimum atomic E-state index is -0.408. The van der Waals surface area contributed by atoms with Gasteiger partial charge in [-0.2, -0.15) is 0 Å². The maximum atomic E-state index is 12.7. The molecule has 0 aromatic heterocycles. The van der Waals surface area contributed by atoms with Crippen LogP contribution in [0.1, 0.15) is 60.2 Å². The third kappa shape index (κ3) is 7.35. The number of carbonyl (C=O) groups is 3. The molecule has 2 rings (SSSR count). The smallest absolute Gasteiger partial charge is 0.305 e. The molecule has 30 heavy (non-hydrogen) atoms. The molecule has 0 fully saturated rings. The van der Waals surface area contributed by atoms with Gasteiger partial charge in [-0.25, -0.2) is 0 Å². The van der Waals surface area contributed by atoms with E-state index >= 15 is 0 Å². The molecule has 0 saturated heterocycles. The zero-order valence-corrected chi connectivity index (χ0v) is 17.6. The zero-order chi connectivity index (χ0) is 21.8. The predicted molar refractivity (Wildman–Crippen MR) is 116 cm³/mol. The van der Waals surface area contributed by atoms with Gasteiger partial charge in [-0.1, -0.05) is 49.7 Å². The van der Waals surface area contributed by atoms with E-state index in [4.69, 9.17) is 4.74 Å². The number of carbonyl (C=O) groups excluding carboxylic acids is 3. The van der Waals surface area contributed by atoms with Gasteiger partial charge < -0.3 is 15.4 Å². The summed E-state index contributed by atoms with van der Waals surface area (Å²) in [6.07, 6.45) is 2.02. The van der Waals surface area contributed by atoms with Crippen molar-refractivity contribution >= 4 is 17.8 Å². The summed E-state index contributed by atoms with van der Waals surface area (Å²) in [7, 11) is 0. The Labute approximate surface area is 178 Å². The van der Waals surface area contributed by atoms with Gasteiger partial charge in [0.25, 0.3) is 11.8 Å². The molecular formula is C24H30N2O4. The van der Waals surface area contributed by atoms with Crippen molar-refractivity contribution in [2.45, 2.75) is 51.6 Å². The summed E-state index contributed by atoms with van der Waals surface area (Å²) in [6.45, 7) is 4.08. The molecule has 0 spiro atoms. The van der Waals surface area contributed by atoms with Crippen LogP contribution >= 0.6 is 0 Å². The van der Waals surface area contributed by atoms with Crippen molar-refractivity contribution in [2.24, 2.45) is 0 Å². The Bertz CT molecular complexity index is 808. The summed E-state index contributed by atoms with van der Waals surface area (Å²) in [5, 5.41) is 6.05. The van der Waals surface area contributed by atoms with Crippen molar-refractivity contribution in [1.29, 1.82) is 0 Å². The summed E-state index contributed by atoms with van der Waals surface area (Å²) in [5.74, 6) is -0.759. The normalized spacial score (nSPS) is 12.5. The number of hydrogen-bond donors (Lipinski definition) is 2. The van der Waals surface area contributed by atoms with Gasteiger partial charge in [-0.15, -0.1) is 0 Å². The lowest BCUT2D eigenvalue weighted by molar-refractivity contribution is -0.143. The standard InChI is InChI=1S/C24H30N2O4/c1-3-11-20(25-23(28)18-12-7-5-8-13-18)21(16-17-22(27)30-4-2)26-24(29)19-14-9-6-10-15-19/h5-10,12-15,20-21H,3-4,11,16-17H2,1-2H3,(H,25,28)(H,26,29). The zero-order valence-electron chi connectivity index (χ0n) is 17.6. The number of hydrogen-bond acceptors (Lipinski definition) is 4. The van der Waals surface area contributed by atoms with E-state index in [1.165, 1.54) is 0 Å². The second-order valence-electron chi connectivity index (χ2n) is 7.02. The van der Waals surface area contributed by atoms with E-state index in [-0.39, 0.29) is 30.2 Å². The summed E-state index contributed by atoms with van der Waals surface area (Å²) in [4.78, 5) is 37.4. The van der Waals surface area contributed by atoms with Crippen molar-refractivity contribution in [3.8, 4) is 0 Å². The molecule has 2 aromatic rings. The fourth-order valence-corrected chi connectivity index (χ4v) is 3.25. The highest BCUT2D eigenvalue weighted by molar-refractivity contribution is 5.95. The molecular weight excluding hydrogens is 380 g/mol. The van der Waals surface area contributed by atoms with Crippen LogP contribution in [0, 0.1) is 0 Å². The molecule has 0 aliphatic carbocycles. The maximum Gasteiger partial charge on any atom is 0.305 e. The molecule has 0 aliphatic heterocycles. The van der Waals surface area contributed by atoms with Gasteiger partial charge in [-0.05, 0) is 44.0 Å². The van der Waals surface area contributed by atoms with E-state index in [1.807, 2.05) is 19.1 Å². The van der Waals surface area contributed by atoms with Gasteiger partial charge in [-0.3, -0.25) is 14.4 Å². The van der Waals surface area contributed by atoms with Gasteiger partial charge in [0.2, 0.25) is 0 Å². The quantitative estimate of drug-likeness (QED) is 0.553. The molecule has 6 nitrogen and oxygen atoms in total. The number of benzene rings is 2. The number of ether oxygens (including phenoxy) is 1. The van der Waals surface area contributed by atoms with Crippen LogP contribution in [0.3, 0.4) is 0 Å². The number of rotatable bonds is 11. The summed E-state index contributed by atoms with van der Waals surface area (Å²) in [6, 6.07) is 17.1. The Morgan fingerprint density at radius 3 is 1.67 bits per heavy atom. The lowest BCUT2D eigenvalue weighted by Gasteiger charge is -2.29.